The van der Waals surface area contributed by atoms with Crippen molar-refractivity contribution in [2.45, 2.75) is 31.9 Å². The Morgan fingerprint density at radius 2 is 1.84 bits per heavy atom. The van der Waals surface area contributed by atoms with Gasteiger partial charge in [-0.3, -0.25) is 4.90 Å². The second-order valence-electron chi connectivity index (χ2n) is 6.98. The lowest BCUT2D eigenvalue weighted by Crippen LogP contribution is -2.39. The van der Waals surface area contributed by atoms with E-state index in [2.05, 4.69) is 19.8 Å². The van der Waals surface area contributed by atoms with Gasteiger partial charge in [-0.1, -0.05) is 0 Å². The SMILES string of the molecule is c1coc(-c2ncc(CN3CCCO[C@@H](CN4CCCC4)C3)cn2)c1. The maximum absolute atomic E-state index is 6.07. The molecule has 2 fully saturated rings. The quantitative estimate of drug-likeness (QED) is 0.832. The number of hydrogen-bond acceptors (Lipinski definition) is 6. The molecule has 4 heterocycles. The Bertz CT molecular complexity index is 638. The van der Waals surface area contributed by atoms with Crippen molar-refractivity contribution in [2.24, 2.45) is 0 Å². The number of furan rings is 1. The van der Waals surface area contributed by atoms with Gasteiger partial charge in [0.15, 0.2) is 11.6 Å². The van der Waals surface area contributed by atoms with Crippen molar-refractivity contribution < 1.29 is 9.15 Å². The molecule has 25 heavy (non-hydrogen) atoms. The first-order chi connectivity index (χ1) is 12.4. The minimum atomic E-state index is 0.309. The molecule has 0 aliphatic carbocycles. The van der Waals surface area contributed by atoms with E-state index in [-0.39, 0.29) is 0 Å². The molecule has 134 valence electrons. The predicted octanol–water partition coefficient (Wildman–Crippen LogP) is 2.42. The topological polar surface area (TPSA) is 54.6 Å². The van der Waals surface area contributed by atoms with Crippen molar-refractivity contribution in [2.75, 3.05) is 39.3 Å². The van der Waals surface area contributed by atoms with E-state index < -0.39 is 0 Å². The number of likely N-dealkylation sites (tertiary alicyclic amines) is 1. The molecule has 0 bridgehead atoms. The van der Waals surface area contributed by atoms with Crippen molar-refractivity contribution in [1.29, 1.82) is 0 Å². The second kappa shape index (κ2) is 8.08. The van der Waals surface area contributed by atoms with Crippen LogP contribution in [0, 0.1) is 0 Å². The molecule has 2 aliphatic heterocycles. The van der Waals surface area contributed by atoms with Crippen molar-refractivity contribution in [3.05, 3.63) is 36.4 Å². The molecule has 2 aromatic rings. The van der Waals surface area contributed by atoms with Crippen molar-refractivity contribution in [1.82, 2.24) is 19.8 Å². The van der Waals surface area contributed by atoms with Gasteiger partial charge in [-0.15, -0.1) is 0 Å². The van der Waals surface area contributed by atoms with E-state index >= 15 is 0 Å². The maximum atomic E-state index is 6.07. The molecule has 0 amide bonds. The molecule has 4 rings (SSSR count). The van der Waals surface area contributed by atoms with Gasteiger partial charge in [0.1, 0.15) is 0 Å². The third kappa shape index (κ3) is 4.45. The zero-order valence-electron chi connectivity index (χ0n) is 14.6. The third-order valence-electron chi connectivity index (χ3n) is 4.95. The van der Waals surface area contributed by atoms with Gasteiger partial charge in [0.25, 0.3) is 0 Å². The first kappa shape index (κ1) is 16.7. The number of nitrogens with zero attached hydrogens (tertiary/aromatic N) is 4. The minimum absolute atomic E-state index is 0.309. The Kier molecular flexibility index (Phi) is 5.40. The van der Waals surface area contributed by atoms with Crippen LogP contribution in [0.3, 0.4) is 0 Å². The fraction of sp³-hybridized carbons (Fsp3) is 0.579. The van der Waals surface area contributed by atoms with E-state index in [1.165, 1.54) is 25.9 Å². The molecule has 6 heteroatoms. The average molecular weight is 342 g/mol. The van der Waals surface area contributed by atoms with Crippen LogP contribution >= 0.6 is 0 Å². The summed E-state index contributed by atoms with van der Waals surface area (Å²) in [5, 5.41) is 0. The molecular weight excluding hydrogens is 316 g/mol. The van der Waals surface area contributed by atoms with Gasteiger partial charge in [0.2, 0.25) is 0 Å². The zero-order chi connectivity index (χ0) is 16.9. The highest BCUT2D eigenvalue weighted by Crippen LogP contribution is 2.17. The Balaban J connectivity index is 1.35. The number of aromatic nitrogens is 2. The molecule has 0 radical (unpaired) electrons. The first-order valence-electron chi connectivity index (χ1n) is 9.28. The molecule has 0 aromatic carbocycles. The summed E-state index contributed by atoms with van der Waals surface area (Å²) in [6, 6.07) is 3.73. The van der Waals surface area contributed by atoms with Crippen LogP contribution in [0.2, 0.25) is 0 Å². The standard InChI is InChI=1S/C19H26N4O2/c1-2-7-22(6-1)14-17-15-23(8-4-10-24-17)13-16-11-20-19(21-12-16)18-5-3-9-25-18/h3,5,9,11-12,17H,1-2,4,6-8,10,13-15H2/t17-/m0/s1. The molecule has 6 nitrogen and oxygen atoms in total. The highest BCUT2D eigenvalue weighted by molar-refractivity contribution is 5.45. The summed E-state index contributed by atoms with van der Waals surface area (Å²) in [5.74, 6) is 1.35. The lowest BCUT2D eigenvalue weighted by atomic mass is 10.2. The molecule has 0 spiro atoms. The van der Waals surface area contributed by atoms with Gasteiger partial charge in [-0.05, 0) is 44.5 Å². The summed E-state index contributed by atoms with van der Waals surface area (Å²) in [6.45, 7) is 7.29. The van der Waals surface area contributed by atoms with Crippen LogP contribution in [-0.2, 0) is 11.3 Å². The van der Waals surface area contributed by atoms with Crippen LogP contribution in [-0.4, -0.2) is 65.2 Å². The maximum Gasteiger partial charge on any atom is 0.195 e. The molecule has 0 N–H and O–H groups in total. The van der Waals surface area contributed by atoms with Crippen LogP contribution < -0.4 is 0 Å². The Morgan fingerprint density at radius 3 is 2.60 bits per heavy atom. The summed E-state index contributed by atoms with van der Waals surface area (Å²) < 4.78 is 11.4. The van der Waals surface area contributed by atoms with Crippen LogP contribution in [0.25, 0.3) is 11.6 Å². The van der Waals surface area contributed by atoms with Gasteiger partial charge in [-0.25, -0.2) is 9.97 Å². The van der Waals surface area contributed by atoms with Crippen LogP contribution in [0.1, 0.15) is 24.8 Å². The smallest absolute Gasteiger partial charge is 0.195 e. The van der Waals surface area contributed by atoms with Crippen molar-refractivity contribution >= 4 is 0 Å². The van der Waals surface area contributed by atoms with Crippen LogP contribution in [0.15, 0.2) is 35.2 Å². The fourth-order valence-electron chi connectivity index (χ4n) is 3.71. The van der Waals surface area contributed by atoms with E-state index in [1.807, 2.05) is 24.5 Å². The number of ether oxygens (including phenoxy) is 1. The summed E-state index contributed by atoms with van der Waals surface area (Å²) in [7, 11) is 0. The average Bonchev–Trinajstić information content (AvgIpc) is 3.29. The molecular formula is C19H26N4O2. The molecule has 2 saturated heterocycles. The second-order valence-corrected chi connectivity index (χ2v) is 6.98. The molecule has 1 atom stereocenters. The molecule has 2 aromatic heterocycles. The highest BCUT2D eigenvalue weighted by Gasteiger charge is 2.23. The van der Waals surface area contributed by atoms with E-state index in [0.717, 1.165) is 44.8 Å². The van der Waals surface area contributed by atoms with Gasteiger partial charge >= 0.3 is 0 Å². The van der Waals surface area contributed by atoms with Gasteiger partial charge < -0.3 is 14.1 Å². The molecule has 0 unspecified atom stereocenters. The minimum Gasteiger partial charge on any atom is -0.461 e. The summed E-state index contributed by atoms with van der Waals surface area (Å²) in [6.07, 6.45) is 9.51. The number of rotatable bonds is 5. The largest absolute Gasteiger partial charge is 0.461 e. The van der Waals surface area contributed by atoms with Gasteiger partial charge in [0.05, 0.1) is 12.4 Å². The normalized spacial score (nSPS) is 23.0. The fourth-order valence-corrected chi connectivity index (χ4v) is 3.71. The summed E-state index contributed by atoms with van der Waals surface area (Å²) in [5.41, 5.74) is 1.14. The monoisotopic (exact) mass is 342 g/mol. The highest BCUT2D eigenvalue weighted by atomic mass is 16.5. The van der Waals surface area contributed by atoms with Crippen molar-refractivity contribution in [3.8, 4) is 11.6 Å². The van der Waals surface area contributed by atoms with Gasteiger partial charge in [0, 0.05) is 50.7 Å². The van der Waals surface area contributed by atoms with E-state index in [1.54, 1.807) is 6.26 Å². The van der Waals surface area contributed by atoms with Crippen molar-refractivity contribution in [3.63, 3.8) is 0 Å². The Labute approximate surface area is 148 Å². The van der Waals surface area contributed by atoms with E-state index in [9.17, 15) is 0 Å². The summed E-state index contributed by atoms with van der Waals surface area (Å²) in [4.78, 5) is 13.9. The lowest BCUT2D eigenvalue weighted by Gasteiger charge is -2.26. The van der Waals surface area contributed by atoms with Crippen LogP contribution in [0.5, 0.6) is 0 Å². The van der Waals surface area contributed by atoms with Crippen LogP contribution in [0.4, 0.5) is 0 Å². The molecule has 0 saturated carbocycles. The Morgan fingerprint density at radius 1 is 1.04 bits per heavy atom. The van der Waals surface area contributed by atoms with E-state index in [0.29, 0.717) is 17.7 Å². The number of hydrogen-bond donors (Lipinski definition) is 0. The lowest BCUT2D eigenvalue weighted by molar-refractivity contribution is 0.0307. The zero-order valence-corrected chi connectivity index (χ0v) is 14.6. The van der Waals surface area contributed by atoms with Gasteiger partial charge in [-0.2, -0.15) is 0 Å². The predicted molar refractivity (Wildman–Crippen MR) is 95.0 cm³/mol. The van der Waals surface area contributed by atoms with E-state index in [4.69, 9.17) is 9.15 Å². The third-order valence-corrected chi connectivity index (χ3v) is 4.95. The summed E-state index contributed by atoms with van der Waals surface area (Å²) >= 11 is 0. The first-order valence-corrected chi connectivity index (χ1v) is 9.28. The molecule has 2 aliphatic rings. The Hall–Kier alpha value is -1.76.